The van der Waals surface area contributed by atoms with Crippen LogP contribution in [0.2, 0.25) is 0 Å². The Kier molecular flexibility index (Phi) is 3.75. The minimum absolute atomic E-state index is 0.127. The Morgan fingerprint density at radius 3 is 2.56 bits per heavy atom. The summed E-state index contributed by atoms with van der Waals surface area (Å²) in [5.41, 5.74) is -0.682. The molecule has 2 N–H and O–H groups in total. The summed E-state index contributed by atoms with van der Waals surface area (Å²) in [6, 6.07) is -0.127. The quantitative estimate of drug-likeness (QED) is 0.755. The third-order valence-electron chi connectivity index (χ3n) is 3.89. The van der Waals surface area contributed by atoms with Gasteiger partial charge in [0.15, 0.2) is 0 Å². The maximum absolute atomic E-state index is 12.0. The van der Waals surface area contributed by atoms with Crippen LogP contribution in [-0.2, 0) is 4.79 Å². The molecule has 1 saturated carbocycles. The fraction of sp³-hybridized carbons (Fsp3) is 0.833. The molecule has 102 valence electrons. The Balaban J connectivity index is 1.79. The molecule has 1 saturated heterocycles. The number of hydrogen-bond donors (Lipinski definition) is 2. The molecule has 0 bridgehead atoms. The summed E-state index contributed by atoms with van der Waals surface area (Å²) in [5, 5.41) is 11.8. The standard InChI is InChI=1S/C12H21N3O3/c1-14-5-2-6-15(8-7-14)11(18)13-9-12(3-4-12)10(16)17/h2-9H2,1H3,(H,13,18)(H,16,17). The van der Waals surface area contributed by atoms with Gasteiger partial charge in [0.25, 0.3) is 0 Å². The van der Waals surface area contributed by atoms with Gasteiger partial charge >= 0.3 is 12.0 Å². The summed E-state index contributed by atoms with van der Waals surface area (Å²) >= 11 is 0. The van der Waals surface area contributed by atoms with E-state index in [0.717, 1.165) is 26.1 Å². The Labute approximate surface area is 107 Å². The van der Waals surface area contributed by atoms with Gasteiger partial charge in [-0.3, -0.25) is 4.79 Å². The van der Waals surface area contributed by atoms with Crippen LogP contribution in [0, 0.1) is 5.41 Å². The van der Waals surface area contributed by atoms with Crippen LogP contribution in [0.1, 0.15) is 19.3 Å². The molecule has 0 spiro atoms. The van der Waals surface area contributed by atoms with E-state index in [1.165, 1.54) is 0 Å². The average molecular weight is 255 g/mol. The number of aliphatic carboxylic acids is 1. The highest BCUT2D eigenvalue weighted by atomic mass is 16.4. The lowest BCUT2D eigenvalue weighted by Crippen LogP contribution is -2.44. The molecule has 1 heterocycles. The van der Waals surface area contributed by atoms with E-state index in [4.69, 9.17) is 5.11 Å². The van der Waals surface area contributed by atoms with Gasteiger partial charge in [-0.25, -0.2) is 4.79 Å². The first-order valence-electron chi connectivity index (χ1n) is 6.48. The van der Waals surface area contributed by atoms with Gasteiger partial charge in [0.1, 0.15) is 0 Å². The molecule has 0 aromatic carbocycles. The van der Waals surface area contributed by atoms with E-state index in [2.05, 4.69) is 10.2 Å². The molecule has 1 aliphatic heterocycles. The number of urea groups is 1. The molecule has 0 aromatic rings. The van der Waals surface area contributed by atoms with E-state index in [1.54, 1.807) is 4.90 Å². The van der Waals surface area contributed by atoms with Crippen molar-refractivity contribution >= 4 is 12.0 Å². The maximum atomic E-state index is 12.0. The maximum Gasteiger partial charge on any atom is 0.317 e. The molecule has 2 aliphatic rings. The zero-order chi connectivity index (χ0) is 13.2. The molecule has 1 aliphatic carbocycles. The highest BCUT2D eigenvalue weighted by Crippen LogP contribution is 2.45. The summed E-state index contributed by atoms with van der Waals surface area (Å²) in [7, 11) is 2.05. The molecule has 0 unspecified atom stereocenters. The van der Waals surface area contributed by atoms with Crippen molar-refractivity contribution < 1.29 is 14.7 Å². The summed E-state index contributed by atoms with van der Waals surface area (Å²) in [6.45, 7) is 3.59. The summed E-state index contributed by atoms with van der Waals surface area (Å²) in [6.07, 6.45) is 2.31. The number of likely N-dealkylation sites (N-methyl/N-ethyl adjacent to an activating group) is 1. The zero-order valence-corrected chi connectivity index (χ0v) is 10.8. The number of amides is 2. The molecule has 6 nitrogen and oxygen atoms in total. The van der Waals surface area contributed by atoms with Crippen LogP contribution in [0.15, 0.2) is 0 Å². The van der Waals surface area contributed by atoms with Gasteiger partial charge < -0.3 is 20.2 Å². The fourth-order valence-corrected chi connectivity index (χ4v) is 2.22. The van der Waals surface area contributed by atoms with E-state index in [9.17, 15) is 9.59 Å². The van der Waals surface area contributed by atoms with Gasteiger partial charge in [0.2, 0.25) is 0 Å². The first kappa shape index (κ1) is 13.1. The molecule has 0 radical (unpaired) electrons. The van der Waals surface area contributed by atoms with E-state index < -0.39 is 11.4 Å². The van der Waals surface area contributed by atoms with Crippen LogP contribution in [0.25, 0.3) is 0 Å². The smallest absolute Gasteiger partial charge is 0.317 e. The third-order valence-corrected chi connectivity index (χ3v) is 3.89. The number of carboxylic acid groups (broad SMARTS) is 1. The van der Waals surface area contributed by atoms with Crippen LogP contribution >= 0.6 is 0 Å². The third kappa shape index (κ3) is 2.93. The van der Waals surface area contributed by atoms with Gasteiger partial charge in [-0.15, -0.1) is 0 Å². The largest absolute Gasteiger partial charge is 0.481 e. The lowest BCUT2D eigenvalue weighted by Gasteiger charge is -2.22. The molecule has 0 atom stereocenters. The highest BCUT2D eigenvalue weighted by Gasteiger charge is 2.50. The second-order valence-electron chi connectivity index (χ2n) is 5.39. The summed E-state index contributed by atoms with van der Waals surface area (Å²) < 4.78 is 0. The first-order valence-corrected chi connectivity index (χ1v) is 6.48. The molecule has 18 heavy (non-hydrogen) atoms. The first-order chi connectivity index (χ1) is 8.53. The predicted molar refractivity (Wildman–Crippen MR) is 66.4 cm³/mol. The SMILES string of the molecule is CN1CCCN(C(=O)NCC2(C(=O)O)CC2)CC1. The molecule has 2 rings (SSSR count). The minimum Gasteiger partial charge on any atom is -0.481 e. The van der Waals surface area contributed by atoms with Crippen LogP contribution in [0.5, 0.6) is 0 Å². The Bertz CT molecular complexity index is 341. The lowest BCUT2D eigenvalue weighted by atomic mass is 10.1. The fourth-order valence-electron chi connectivity index (χ4n) is 2.22. The minimum atomic E-state index is -0.793. The normalized spacial score (nSPS) is 23.3. The monoisotopic (exact) mass is 255 g/mol. The number of carboxylic acids is 1. The number of nitrogens with zero attached hydrogens (tertiary/aromatic N) is 2. The van der Waals surface area contributed by atoms with Crippen LogP contribution in [0.4, 0.5) is 4.79 Å². The van der Waals surface area contributed by atoms with Crippen molar-refractivity contribution in [2.75, 3.05) is 39.8 Å². The summed E-state index contributed by atoms with van der Waals surface area (Å²) in [4.78, 5) is 26.9. The Hall–Kier alpha value is -1.30. The van der Waals surface area contributed by atoms with Crippen LogP contribution in [0.3, 0.4) is 0 Å². The number of rotatable bonds is 3. The second kappa shape index (κ2) is 5.14. The van der Waals surface area contributed by atoms with Crippen molar-refractivity contribution in [1.29, 1.82) is 0 Å². The summed E-state index contributed by atoms with van der Waals surface area (Å²) in [5.74, 6) is -0.793. The molecular formula is C12H21N3O3. The predicted octanol–water partition coefficient (Wildman–Crippen LogP) is 0.198. The van der Waals surface area contributed by atoms with Crippen molar-refractivity contribution in [2.45, 2.75) is 19.3 Å². The lowest BCUT2D eigenvalue weighted by molar-refractivity contribution is -0.143. The van der Waals surface area contributed by atoms with Crippen molar-refractivity contribution in [2.24, 2.45) is 5.41 Å². The van der Waals surface area contributed by atoms with Gasteiger partial charge in [0, 0.05) is 26.2 Å². The Morgan fingerprint density at radius 2 is 1.94 bits per heavy atom. The van der Waals surface area contributed by atoms with Crippen LogP contribution in [-0.4, -0.2) is 66.7 Å². The number of nitrogens with one attached hydrogen (secondary N) is 1. The van der Waals surface area contributed by atoms with Crippen molar-refractivity contribution in [1.82, 2.24) is 15.1 Å². The van der Waals surface area contributed by atoms with E-state index >= 15 is 0 Å². The van der Waals surface area contributed by atoms with Crippen LogP contribution < -0.4 is 5.32 Å². The number of carbonyl (C=O) groups is 2. The van der Waals surface area contributed by atoms with Crippen molar-refractivity contribution in [3.8, 4) is 0 Å². The number of carbonyl (C=O) groups excluding carboxylic acids is 1. The van der Waals surface area contributed by atoms with Gasteiger partial charge in [-0.2, -0.15) is 0 Å². The van der Waals surface area contributed by atoms with Gasteiger partial charge in [-0.05, 0) is 32.9 Å². The van der Waals surface area contributed by atoms with Gasteiger partial charge in [0.05, 0.1) is 5.41 Å². The van der Waals surface area contributed by atoms with Gasteiger partial charge in [-0.1, -0.05) is 0 Å². The number of hydrogen-bond acceptors (Lipinski definition) is 3. The van der Waals surface area contributed by atoms with Crippen molar-refractivity contribution in [3.63, 3.8) is 0 Å². The average Bonchev–Trinajstić information content (AvgIpc) is 3.11. The topological polar surface area (TPSA) is 72.9 Å². The zero-order valence-electron chi connectivity index (χ0n) is 10.8. The van der Waals surface area contributed by atoms with E-state index in [0.29, 0.717) is 19.4 Å². The highest BCUT2D eigenvalue weighted by molar-refractivity contribution is 5.80. The van der Waals surface area contributed by atoms with E-state index in [-0.39, 0.29) is 12.6 Å². The van der Waals surface area contributed by atoms with Crippen molar-refractivity contribution in [3.05, 3.63) is 0 Å². The molecule has 2 amide bonds. The van der Waals surface area contributed by atoms with E-state index in [1.807, 2.05) is 7.05 Å². The molecule has 0 aromatic heterocycles. The molecule has 6 heteroatoms. The second-order valence-corrected chi connectivity index (χ2v) is 5.39. The Morgan fingerprint density at radius 1 is 1.22 bits per heavy atom. The molecule has 2 fully saturated rings. The molecular weight excluding hydrogens is 234 g/mol.